The largest absolute Gasteiger partial charge is 0.486 e. The number of carbonyl (C=O) groups is 1. The van der Waals surface area contributed by atoms with Gasteiger partial charge in [0, 0.05) is 30.5 Å². The monoisotopic (exact) mass is 368 g/mol. The Morgan fingerprint density at radius 1 is 1.22 bits per heavy atom. The molecule has 1 aromatic heterocycles. The molecule has 1 N–H and O–H groups in total. The molecule has 3 heterocycles. The maximum atomic E-state index is 12.9. The van der Waals surface area contributed by atoms with Crippen molar-refractivity contribution in [2.75, 3.05) is 25.1 Å². The number of aromatic nitrogens is 2. The Morgan fingerprint density at radius 3 is 2.93 bits per heavy atom. The van der Waals surface area contributed by atoms with Crippen molar-refractivity contribution in [2.45, 2.75) is 38.6 Å². The minimum absolute atomic E-state index is 0.0193. The number of benzene rings is 1. The summed E-state index contributed by atoms with van der Waals surface area (Å²) in [7, 11) is 0. The Hall–Kier alpha value is -2.83. The number of fused-ring (bicyclic) bond motifs is 1. The highest BCUT2D eigenvalue weighted by molar-refractivity contribution is 5.92. The Labute approximate surface area is 158 Å². The average molecular weight is 368 g/mol. The highest BCUT2D eigenvalue weighted by Crippen LogP contribution is 2.33. The van der Waals surface area contributed by atoms with Crippen LogP contribution in [0.3, 0.4) is 0 Å². The van der Waals surface area contributed by atoms with Gasteiger partial charge in [0.15, 0.2) is 11.5 Å². The molecule has 142 valence electrons. The number of ether oxygens (including phenoxy) is 2. The molecule has 0 aliphatic carbocycles. The summed E-state index contributed by atoms with van der Waals surface area (Å²) in [5.74, 6) is 1.79. The first-order valence-electron chi connectivity index (χ1n) is 9.55. The molecule has 0 saturated carbocycles. The van der Waals surface area contributed by atoms with Gasteiger partial charge in [0.2, 0.25) is 5.95 Å². The van der Waals surface area contributed by atoms with Crippen LogP contribution < -0.4 is 14.8 Å². The number of nitrogens with zero attached hydrogens (tertiary/aromatic N) is 3. The lowest BCUT2D eigenvalue weighted by Crippen LogP contribution is -2.43. The van der Waals surface area contributed by atoms with Crippen molar-refractivity contribution in [1.82, 2.24) is 14.9 Å². The van der Waals surface area contributed by atoms with Crippen LogP contribution in [0.25, 0.3) is 0 Å². The second-order valence-corrected chi connectivity index (χ2v) is 6.81. The van der Waals surface area contributed by atoms with E-state index in [-0.39, 0.29) is 5.91 Å². The van der Waals surface area contributed by atoms with Crippen molar-refractivity contribution < 1.29 is 14.3 Å². The predicted molar refractivity (Wildman–Crippen MR) is 102 cm³/mol. The van der Waals surface area contributed by atoms with Gasteiger partial charge < -0.3 is 19.7 Å². The quantitative estimate of drug-likeness (QED) is 0.891. The molecule has 27 heavy (non-hydrogen) atoms. The van der Waals surface area contributed by atoms with E-state index < -0.39 is 0 Å². The Kier molecular flexibility index (Phi) is 5.09. The summed E-state index contributed by atoms with van der Waals surface area (Å²) in [6, 6.07) is 7.56. The number of anilines is 2. The van der Waals surface area contributed by atoms with E-state index in [9.17, 15) is 4.79 Å². The number of rotatable bonds is 4. The number of nitrogens with one attached hydrogen (secondary N) is 1. The van der Waals surface area contributed by atoms with Crippen LogP contribution in [0, 0.1) is 0 Å². The molecule has 0 spiro atoms. The smallest absolute Gasteiger partial charge is 0.272 e. The molecular formula is C20H24N4O3. The van der Waals surface area contributed by atoms with E-state index in [1.165, 1.54) is 6.42 Å². The lowest BCUT2D eigenvalue weighted by atomic mass is 9.99. The number of carbonyl (C=O) groups excluding carboxylic acids is 1. The lowest BCUT2D eigenvalue weighted by molar-refractivity contribution is 0.0602. The SMILES string of the molecule is CCC1CCCCN1C(=O)c1ccnc(Nc2ccc3c(c2)OCCO3)n1. The predicted octanol–water partition coefficient (Wildman–Crippen LogP) is 3.40. The van der Waals surface area contributed by atoms with Gasteiger partial charge in [0.1, 0.15) is 18.9 Å². The molecule has 1 fully saturated rings. The fourth-order valence-electron chi connectivity index (χ4n) is 3.63. The van der Waals surface area contributed by atoms with Crippen LogP contribution in [0.15, 0.2) is 30.5 Å². The number of amides is 1. The van der Waals surface area contributed by atoms with E-state index in [4.69, 9.17) is 9.47 Å². The molecule has 7 heteroatoms. The Morgan fingerprint density at radius 2 is 2.07 bits per heavy atom. The maximum Gasteiger partial charge on any atom is 0.272 e. The zero-order chi connectivity index (χ0) is 18.6. The van der Waals surface area contributed by atoms with Crippen LogP contribution in [-0.2, 0) is 0 Å². The van der Waals surface area contributed by atoms with E-state index in [0.29, 0.717) is 36.6 Å². The van der Waals surface area contributed by atoms with Crippen molar-refractivity contribution in [2.24, 2.45) is 0 Å². The molecule has 1 amide bonds. The van der Waals surface area contributed by atoms with Gasteiger partial charge in [-0.3, -0.25) is 4.79 Å². The second-order valence-electron chi connectivity index (χ2n) is 6.81. The van der Waals surface area contributed by atoms with Crippen LogP contribution in [0.2, 0.25) is 0 Å². The average Bonchev–Trinajstić information content (AvgIpc) is 2.73. The molecule has 1 saturated heterocycles. The van der Waals surface area contributed by atoms with Crippen LogP contribution >= 0.6 is 0 Å². The highest BCUT2D eigenvalue weighted by atomic mass is 16.6. The normalized spacial score (nSPS) is 18.9. The highest BCUT2D eigenvalue weighted by Gasteiger charge is 2.27. The molecule has 0 radical (unpaired) electrons. The first-order valence-corrected chi connectivity index (χ1v) is 9.55. The van der Waals surface area contributed by atoms with Crippen molar-refractivity contribution in [1.29, 1.82) is 0 Å². The topological polar surface area (TPSA) is 76.6 Å². The molecule has 4 rings (SSSR count). The minimum atomic E-state index is -0.0193. The van der Waals surface area contributed by atoms with Crippen LogP contribution in [-0.4, -0.2) is 46.6 Å². The Bertz CT molecular complexity index is 827. The standard InChI is InChI=1S/C20H24N4O3/c1-2-15-5-3-4-10-24(15)19(25)16-8-9-21-20(23-16)22-14-6-7-17-18(13-14)27-12-11-26-17/h6-9,13,15H,2-5,10-12H2,1H3,(H,21,22,23). The zero-order valence-electron chi connectivity index (χ0n) is 15.5. The second kappa shape index (κ2) is 7.82. The maximum absolute atomic E-state index is 12.9. The number of piperidine rings is 1. The van der Waals surface area contributed by atoms with Gasteiger partial charge in [-0.2, -0.15) is 0 Å². The van der Waals surface area contributed by atoms with Crippen LogP contribution in [0.1, 0.15) is 43.1 Å². The zero-order valence-corrected chi connectivity index (χ0v) is 15.5. The lowest BCUT2D eigenvalue weighted by Gasteiger charge is -2.35. The molecule has 2 aromatic rings. The summed E-state index contributed by atoms with van der Waals surface area (Å²) in [5.41, 5.74) is 1.21. The molecule has 1 atom stereocenters. The first-order chi connectivity index (χ1) is 13.2. The van der Waals surface area contributed by atoms with Crippen molar-refractivity contribution >= 4 is 17.5 Å². The van der Waals surface area contributed by atoms with Crippen molar-refractivity contribution in [3.8, 4) is 11.5 Å². The van der Waals surface area contributed by atoms with E-state index in [1.54, 1.807) is 12.3 Å². The summed E-state index contributed by atoms with van der Waals surface area (Å²) in [6.45, 7) is 4.02. The van der Waals surface area contributed by atoms with Crippen LogP contribution in [0.5, 0.6) is 11.5 Å². The summed E-state index contributed by atoms with van der Waals surface area (Å²) in [4.78, 5) is 23.6. The summed E-state index contributed by atoms with van der Waals surface area (Å²) < 4.78 is 11.1. The third kappa shape index (κ3) is 3.82. The molecule has 2 aliphatic heterocycles. The summed E-state index contributed by atoms with van der Waals surface area (Å²) >= 11 is 0. The molecule has 1 aromatic carbocycles. The van der Waals surface area contributed by atoms with E-state index in [2.05, 4.69) is 22.2 Å². The van der Waals surface area contributed by atoms with Gasteiger partial charge in [-0.05, 0) is 43.9 Å². The molecule has 7 nitrogen and oxygen atoms in total. The third-order valence-electron chi connectivity index (χ3n) is 5.03. The minimum Gasteiger partial charge on any atom is -0.486 e. The molecule has 2 aliphatic rings. The third-order valence-corrected chi connectivity index (χ3v) is 5.03. The molecule has 0 bridgehead atoms. The van der Waals surface area contributed by atoms with Gasteiger partial charge in [-0.1, -0.05) is 6.92 Å². The number of hydrogen-bond donors (Lipinski definition) is 1. The van der Waals surface area contributed by atoms with Crippen LogP contribution in [0.4, 0.5) is 11.6 Å². The Balaban J connectivity index is 1.51. The van der Waals surface area contributed by atoms with E-state index in [1.807, 2.05) is 23.1 Å². The summed E-state index contributed by atoms with van der Waals surface area (Å²) in [6.07, 6.45) is 5.89. The van der Waals surface area contributed by atoms with Gasteiger partial charge in [0.05, 0.1) is 0 Å². The van der Waals surface area contributed by atoms with Gasteiger partial charge >= 0.3 is 0 Å². The van der Waals surface area contributed by atoms with E-state index >= 15 is 0 Å². The van der Waals surface area contributed by atoms with Gasteiger partial charge in [0.25, 0.3) is 5.91 Å². The van der Waals surface area contributed by atoms with Gasteiger partial charge in [-0.15, -0.1) is 0 Å². The number of hydrogen-bond acceptors (Lipinski definition) is 6. The van der Waals surface area contributed by atoms with E-state index in [0.717, 1.165) is 37.2 Å². The van der Waals surface area contributed by atoms with Crippen molar-refractivity contribution in [3.05, 3.63) is 36.2 Å². The van der Waals surface area contributed by atoms with Crippen molar-refractivity contribution in [3.63, 3.8) is 0 Å². The molecular weight excluding hydrogens is 344 g/mol. The fourth-order valence-corrected chi connectivity index (χ4v) is 3.63. The first kappa shape index (κ1) is 17.6. The molecule has 1 unspecified atom stereocenters. The van der Waals surface area contributed by atoms with Gasteiger partial charge in [-0.25, -0.2) is 9.97 Å². The fraction of sp³-hybridized carbons (Fsp3) is 0.450. The number of likely N-dealkylation sites (tertiary alicyclic amines) is 1. The summed E-state index contributed by atoms with van der Waals surface area (Å²) in [5, 5.41) is 3.15.